The molecule has 1 aliphatic carbocycles. The van der Waals surface area contributed by atoms with E-state index >= 15 is 0 Å². The molecule has 9 heteroatoms. The van der Waals surface area contributed by atoms with Gasteiger partial charge < -0.3 is 5.32 Å². The molecule has 2 rings (SSSR count). The number of benzene rings is 1. The van der Waals surface area contributed by atoms with Crippen molar-refractivity contribution in [3.63, 3.8) is 0 Å². The maximum atomic E-state index is 12.2. The van der Waals surface area contributed by atoms with Crippen LogP contribution in [0.3, 0.4) is 0 Å². The highest BCUT2D eigenvalue weighted by molar-refractivity contribution is 7.90. The van der Waals surface area contributed by atoms with Crippen LogP contribution in [-0.2, 0) is 20.0 Å². The van der Waals surface area contributed by atoms with Gasteiger partial charge in [0.2, 0.25) is 20.0 Å². The van der Waals surface area contributed by atoms with E-state index in [1.165, 1.54) is 24.3 Å². The Balaban J connectivity index is 2.05. The Kier molecular flexibility index (Phi) is 6.15. The Labute approximate surface area is 138 Å². The average Bonchev–Trinajstić information content (AvgIpc) is 3.30. The number of rotatable bonds is 10. The highest BCUT2D eigenvalue weighted by Crippen LogP contribution is 2.23. The van der Waals surface area contributed by atoms with Crippen molar-refractivity contribution in [3.05, 3.63) is 24.3 Å². The number of nitrogens with one attached hydrogen (secondary N) is 3. The van der Waals surface area contributed by atoms with Crippen LogP contribution >= 0.6 is 0 Å². The van der Waals surface area contributed by atoms with E-state index in [-0.39, 0.29) is 22.4 Å². The van der Waals surface area contributed by atoms with Crippen molar-refractivity contribution < 1.29 is 16.8 Å². The molecule has 1 aromatic carbocycles. The van der Waals surface area contributed by atoms with E-state index < -0.39 is 20.0 Å². The monoisotopic (exact) mass is 361 g/mol. The number of hydrogen-bond acceptors (Lipinski definition) is 5. The van der Waals surface area contributed by atoms with Crippen molar-refractivity contribution in [2.45, 2.75) is 42.0 Å². The molecule has 3 N–H and O–H groups in total. The van der Waals surface area contributed by atoms with E-state index in [9.17, 15) is 16.8 Å². The highest BCUT2D eigenvalue weighted by Gasteiger charge is 2.28. The molecular formula is C14H23N3O4S2. The van der Waals surface area contributed by atoms with Crippen LogP contribution in [0.1, 0.15) is 26.2 Å². The molecule has 0 radical (unpaired) electrons. The van der Waals surface area contributed by atoms with E-state index in [1.54, 1.807) is 0 Å². The van der Waals surface area contributed by atoms with Gasteiger partial charge in [-0.3, -0.25) is 0 Å². The quantitative estimate of drug-likeness (QED) is 0.524. The van der Waals surface area contributed by atoms with Crippen LogP contribution in [0.4, 0.5) is 0 Å². The molecule has 23 heavy (non-hydrogen) atoms. The van der Waals surface area contributed by atoms with Crippen molar-refractivity contribution in [2.75, 3.05) is 19.6 Å². The average molecular weight is 361 g/mol. The smallest absolute Gasteiger partial charge is 0.240 e. The van der Waals surface area contributed by atoms with Crippen LogP contribution in [0, 0.1) is 0 Å². The maximum absolute atomic E-state index is 12.2. The van der Waals surface area contributed by atoms with Crippen LogP contribution in [0.2, 0.25) is 0 Å². The summed E-state index contributed by atoms with van der Waals surface area (Å²) in [7, 11) is -7.39. The van der Waals surface area contributed by atoms with Gasteiger partial charge in [-0.25, -0.2) is 26.3 Å². The number of sulfonamides is 2. The van der Waals surface area contributed by atoms with Crippen LogP contribution in [-0.4, -0.2) is 42.5 Å². The molecule has 0 amide bonds. The van der Waals surface area contributed by atoms with Gasteiger partial charge in [0.15, 0.2) is 0 Å². The van der Waals surface area contributed by atoms with Crippen molar-refractivity contribution in [2.24, 2.45) is 0 Å². The third kappa shape index (κ3) is 5.54. The zero-order valence-corrected chi connectivity index (χ0v) is 14.7. The lowest BCUT2D eigenvalue weighted by Crippen LogP contribution is -2.32. The van der Waals surface area contributed by atoms with E-state index in [1.807, 2.05) is 6.92 Å². The SMILES string of the molecule is CCCNCCNS(=O)(=O)c1cccc(S(=O)(=O)NC2CC2)c1. The van der Waals surface area contributed by atoms with E-state index in [2.05, 4.69) is 14.8 Å². The summed E-state index contributed by atoms with van der Waals surface area (Å²) in [6.07, 6.45) is 2.62. The summed E-state index contributed by atoms with van der Waals surface area (Å²) in [5.74, 6) is 0. The number of hydrogen-bond donors (Lipinski definition) is 3. The van der Waals surface area contributed by atoms with Gasteiger partial charge in [-0.2, -0.15) is 0 Å². The molecular weight excluding hydrogens is 338 g/mol. The second kappa shape index (κ2) is 7.71. The molecule has 0 spiro atoms. The summed E-state index contributed by atoms with van der Waals surface area (Å²) >= 11 is 0. The second-order valence-corrected chi connectivity index (χ2v) is 9.00. The molecule has 130 valence electrons. The Morgan fingerprint density at radius 1 is 1.00 bits per heavy atom. The fourth-order valence-corrected chi connectivity index (χ4v) is 4.46. The van der Waals surface area contributed by atoms with Gasteiger partial charge in [0.05, 0.1) is 9.79 Å². The predicted molar refractivity (Wildman–Crippen MR) is 88.1 cm³/mol. The molecule has 0 atom stereocenters. The van der Waals surface area contributed by atoms with Gasteiger partial charge in [-0.05, 0) is 44.0 Å². The van der Waals surface area contributed by atoms with Crippen LogP contribution in [0.15, 0.2) is 34.1 Å². The summed E-state index contributed by atoms with van der Waals surface area (Å²) in [6.45, 7) is 3.62. The van der Waals surface area contributed by atoms with Gasteiger partial charge in [0.1, 0.15) is 0 Å². The van der Waals surface area contributed by atoms with Gasteiger partial charge in [0, 0.05) is 19.1 Å². The molecule has 1 aromatic rings. The minimum absolute atomic E-state index is 0.0250. The van der Waals surface area contributed by atoms with Crippen molar-refractivity contribution in [3.8, 4) is 0 Å². The fraction of sp³-hybridized carbons (Fsp3) is 0.571. The fourth-order valence-electron chi connectivity index (χ4n) is 1.96. The summed E-state index contributed by atoms with van der Waals surface area (Å²) in [5, 5.41) is 3.09. The molecule has 0 saturated heterocycles. The minimum atomic E-state index is -3.73. The van der Waals surface area contributed by atoms with E-state index in [0.29, 0.717) is 6.54 Å². The lowest BCUT2D eigenvalue weighted by atomic mass is 10.4. The van der Waals surface area contributed by atoms with Crippen molar-refractivity contribution >= 4 is 20.0 Å². The Hall–Kier alpha value is -1.00. The zero-order chi connectivity index (χ0) is 16.9. The van der Waals surface area contributed by atoms with Crippen LogP contribution in [0.25, 0.3) is 0 Å². The molecule has 1 saturated carbocycles. The van der Waals surface area contributed by atoms with Gasteiger partial charge in [0.25, 0.3) is 0 Å². The topological polar surface area (TPSA) is 104 Å². The predicted octanol–water partition coefficient (Wildman–Crippen LogP) is 0.405. The molecule has 0 heterocycles. The maximum Gasteiger partial charge on any atom is 0.240 e. The molecule has 0 aromatic heterocycles. The van der Waals surface area contributed by atoms with Crippen LogP contribution < -0.4 is 14.8 Å². The lowest BCUT2D eigenvalue weighted by Gasteiger charge is -2.10. The Morgan fingerprint density at radius 3 is 2.26 bits per heavy atom. The Bertz CT molecular complexity index is 728. The molecule has 1 aliphatic rings. The summed E-state index contributed by atoms with van der Waals surface area (Å²) in [6, 6.07) is 5.38. The second-order valence-electron chi connectivity index (χ2n) is 5.52. The third-order valence-electron chi connectivity index (χ3n) is 3.35. The van der Waals surface area contributed by atoms with E-state index in [4.69, 9.17) is 0 Å². The van der Waals surface area contributed by atoms with Crippen molar-refractivity contribution in [1.82, 2.24) is 14.8 Å². The van der Waals surface area contributed by atoms with Gasteiger partial charge >= 0.3 is 0 Å². The first kappa shape index (κ1) is 18.3. The van der Waals surface area contributed by atoms with Gasteiger partial charge in [-0.15, -0.1) is 0 Å². The standard InChI is InChI=1S/C14H23N3O4S2/c1-2-8-15-9-10-16-22(18,19)13-4-3-5-14(11-13)23(20,21)17-12-6-7-12/h3-5,11-12,15-17H,2,6-10H2,1H3. The normalized spacial score (nSPS) is 15.7. The largest absolute Gasteiger partial charge is 0.315 e. The molecule has 0 aliphatic heterocycles. The first-order valence-corrected chi connectivity index (χ1v) is 10.6. The third-order valence-corrected chi connectivity index (χ3v) is 6.32. The molecule has 0 unspecified atom stereocenters. The molecule has 7 nitrogen and oxygen atoms in total. The Morgan fingerprint density at radius 2 is 1.65 bits per heavy atom. The van der Waals surface area contributed by atoms with Crippen molar-refractivity contribution in [1.29, 1.82) is 0 Å². The minimum Gasteiger partial charge on any atom is -0.315 e. The summed E-state index contributed by atoms with van der Waals surface area (Å²) < 4.78 is 53.8. The zero-order valence-electron chi connectivity index (χ0n) is 13.1. The lowest BCUT2D eigenvalue weighted by molar-refractivity contribution is 0.574. The molecule has 0 bridgehead atoms. The summed E-state index contributed by atoms with van der Waals surface area (Å²) in [5.41, 5.74) is 0. The van der Waals surface area contributed by atoms with Crippen LogP contribution in [0.5, 0.6) is 0 Å². The first-order chi connectivity index (χ1) is 10.8. The highest BCUT2D eigenvalue weighted by atomic mass is 32.2. The summed E-state index contributed by atoms with van der Waals surface area (Å²) in [4.78, 5) is -0.0805. The van der Waals surface area contributed by atoms with Gasteiger partial charge in [-0.1, -0.05) is 13.0 Å². The molecule has 1 fully saturated rings. The van der Waals surface area contributed by atoms with E-state index in [0.717, 1.165) is 25.8 Å². The first-order valence-electron chi connectivity index (χ1n) is 7.68.